The number of nitrogens with zero attached hydrogens (tertiary/aromatic N) is 3. The molecule has 5 nitrogen and oxygen atoms in total. The molecule has 0 radical (unpaired) electrons. The third-order valence-electron chi connectivity index (χ3n) is 4.85. The van der Waals surface area contributed by atoms with Crippen molar-refractivity contribution >= 4 is 34.2 Å². The smallest absolute Gasteiger partial charge is 0.387 e. The van der Waals surface area contributed by atoms with Crippen LogP contribution in [0.25, 0.3) is 16.7 Å². The summed E-state index contributed by atoms with van der Waals surface area (Å²) in [4.78, 5) is 17.5. The normalized spacial score (nSPS) is 11.2. The summed E-state index contributed by atoms with van der Waals surface area (Å²) in [6, 6.07) is 16.1. The van der Waals surface area contributed by atoms with Crippen molar-refractivity contribution < 1.29 is 18.3 Å². The number of Topliss-reactive ketones (excluding diaryl/α,β-unsaturated/α-hetero) is 1. The van der Waals surface area contributed by atoms with E-state index in [0.29, 0.717) is 11.2 Å². The molecule has 2 aromatic carbocycles. The van der Waals surface area contributed by atoms with Crippen molar-refractivity contribution in [1.82, 2.24) is 9.38 Å². The number of alkyl halides is 2. The van der Waals surface area contributed by atoms with Crippen molar-refractivity contribution in [3.8, 4) is 11.8 Å². The molecule has 156 valence electrons. The molecule has 0 spiro atoms. The number of aromatic nitrogens is 2. The molecule has 2 heterocycles. The van der Waals surface area contributed by atoms with Gasteiger partial charge in [0.25, 0.3) is 0 Å². The number of imidazole rings is 1. The van der Waals surface area contributed by atoms with Crippen LogP contribution >= 0.6 is 11.8 Å². The zero-order chi connectivity index (χ0) is 22.1. The molecule has 0 N–H and O–H groups in total. The third kappa shape index (κ3) is 3.97. The molecule has 0 saturated heterocycles. The minimum atomic E-state index is -3.01. The van der Waals surface area contributed by atoms with E-state index in [2.05, 4.69) is 15.8 Å². The van der Waals surface area contributed by atoms with Crippen LogP contribution in [-0.4, -0.2) is 27.5 Å². The summed E-state index contributed by atoms with van der Waals surface area (Å²) < 4.78 is 31.9. The molecule has 0 amide bonds. The fraction of sp³-hybridized carbons (Fsp3) is 0.174. The quantitative estimate of drug-likeness (QED) is 0.292. The highest BCUT2D eigenvalue weighted by molar-refractivity contribution is 8.00. The molecule has 0 atom stereocenters. The van der Waals surface area contributed by atoms with Gasteiger partial charge in [-0.25, -0.2) is 4.98 Å². The minimum absolute atomic E-state index is 0.00992. The molecule has 0 aliphatic carbocycles. The monoisotopic (exact) mass is 437 g/mol. The molecule has 4 rings (SSSR count). The van der Waals surface area contributed by atoms with Gasteiger partial charge in [-0.1, -0.05) is 35.5 Å². The lowest BCUT2D eigenvalue weighted by Gasteiger charge is -2.12. The topological polar surface area (TPSA) is 67.4 Å². The van der Waals surface area contributed by atoms with E-state index in [0.717, 1.165) is 27.2 Å². The van der Waals surface area contributed by atoms with Crippen LogP contribution in [-0.2, 0) is 0 Å². The largest absolute Gasteiger partial charge is 0.434 e. The summed E-state index contributed by atoms with van der Waals surface area (Å²) >= 11 is 1.26. The van der Waals surface area contributed by atoms with Gasteiger partial charge in [-0.15, -0.1) is 0 Å². The number of fused-ring (bicyclic) bond motifs is 3. The Balaban J connectivity index is 1.73. The van der Waals surface area contributed by atoms with Gasteiger partial charge in [0.05, 0.1) is 32.9 Å². The standard InChI is InChI=1S/C23H17F2N3O2S/c1-13-7-8-20(30-23(24)25)15(9-13)19(29)12-31-21-10-14(2)16(11-26)22-27-17-5-3-4-6-18(17)28(21)22/h3-10,23H,12H2,1-2H3. The van der Waals surface area contributed by atoms with Gasteiger partial charge < -0.3 is 4.74 Å². The summed E-state index contributed by atoms with van der Waals surface area (Å²) in [6.45, 7) is 0.583. The van der Waals surface area contributed by atoms with Crippen LogP contribution in [0.1, 0.15) is 27.0 Å². The van der Waals surface area contributed by atoms with Gasteiger partial charge in [-0.05, 0) is 49.7 Å². The minimum Gasteiger partial charge on any atom is -0.434 e. The van der Waals surface area contributed by atoms with Crippen LogP contribution in [0.15, 0.2) is 53.6 Å². The second kappa shape index (κ2) is 8.36. The number of hydrogen-bond acceptors (Lipinski definition) is 5. The molecular formula is C23H17F2N3O2S. The lowest BCUT2D eigenvalue weighted by atomic mass is 10.1. The van der Waals surface area contributed by atoms with Crippen molar-refractivity contribution in [3.63, 3.8) is 0 Å². The van der Waals surface area contributed by atoms with Gasteiger partial charge >= 0.3 is 6.61 Å². The van der Waals surface area contributed by atoms with Crippen molar-refractivity contribution in [1.29, 1.82) is 5.26 Å². The van der Waals surface area contributed by atoms with Crippen LogP contribution < -0.4 is 4.74 Å². The van der Waals surface area contributed by atoms with Gasteiger partial charge in [0.15, 0.2) is 11.4 Å². The Kier molecular flexibility index (Phi) is 5.61. The number of para-hydroxylation sites is 2. The van der Waals surface area contributed by atoms with E-state index < -0.39 is 6.61 Å². The van der Waals surface area contributed by atoms with Gasteiger partial charge in [0, 0.05) is 0 Å². The number of ketones is 1. The number of benzene rings is 2. The Morgan fingerprint density at radius 1 is 1.23 bits per heavy atom. The third-order valence-corrected chi connectivity index (χ3v) is 5.86. The number of carbonyl (C=O) groups is 1. The van der Waals surface area contributed by atoms with Gasteiger partial charge in [0.1, 0.15) is 11.8 Å². The molecule has 0 saturated carbocycles. The number of halogens is 2. The zero-order valence-corrected chi connectivity index (χ0v) is 17.5. The van der Waals surface area contributed by atoms with Crippen molar-refractivity contribution in [3.05, 3.63) is 70.8 Å². The molecule has 2 aromatic heterocycles. The van der Waals surface area contributed by atoms with Crippen LogP contribution in [0, 0.1) is 25.2 Å². The molecule has 0 bridgehead atoms. The average molecular weight is 437 g/mol. The van der Waals surface area contributed by atoms with Gasteiger partial charge in [-0.3, -0.25) is 9.20 Å². The molecule has 0 aliphatic rings. The number of pyridine rings is 1. The number of aryl methyl sites for hydroxylation is 2. The first-order chi connectivity index (χ1) is 14.9. The van der Waals surface area contributed by atoms with Crippen molar-refractivity contribution in [2.24, 2.45) is 0 Å². The molecular weight excluding hydrogens is 420 g/mol. The Morgan fingerprint density at radius 3 is 2.74 bits per heavy atom. The first kappa shape index (κ1) is 20.8. The summed E-state index contributed by atoms with van der Waals surface area (Å²) in [5.41, 5.74) is 4.19. The van der Waals surface area contributed by atoms with Gasteiger partial charge in [0.2, 0.25) is 0 Å². The van der Waals surface area contributed by atoms with Crippen LogP contribution in [0.4, 0.5) is 8.78 Å². The molecule has 0 fully saturated rings. The first-order valence-electron chi connectivity index (χ1n) is 9.41. The van der Waals surface area contributed by atoms with E-state index in [1.165, 1.54) is 17.8 Å². The van der Waals surface area contributed by atoms with Crippen LogP contribution in [0.3, 0.4) is 0 Å². The Labute approximate surface area is 181 Å². The summed E-state index contributed by atoms with van der Waals surface area (Å²) in [7, 11) is 0. The number of hydrogen-bond donors (Lipinski definition) is 0. The van der Waals surface area contributed by atoms with E-state index in [4.69, 9.17) is 0 Å². The number of thioether (sulfide) groups is 1. The number of nitriles is 1. The summed E-state index contributed by atoms with van der Waals surface area (Å²) in [5.74, 6) is -0.458. The Morgan fingerprint density at radius 2 is 2.00 bits per heavy atom. The zero-order valence-electron chi connectivity index (χ0n) is 16.7. The Bertz CT molecular complexity index is 1360. The van der Waals surface area contributed by atoms with E-state index in [-0.39, 0.29) is 22.8 Å². The fourth-order valence-corrected chi connectivity index (χ4v) is 4.45. The SMILES string of the molecule is Cc1ccc(OC(F)F)c(C(=O)CSc2cc(C)c(C#N)c3nc4ccccc4n23)c1. The van der Waals surface area contributed by atoms with Crippen LogP contribution in [0.2, 0.25) is 0 Å². The van der Waals surface area contributed by atoms with E-state index in [1.807, 2.05) is 41.7 Å². The lowest BCUT2D eigenvalue weighted by Crippen LogP contribution is -2.10. The second-order valence-corrected chi connectivity index (χ2v) is 8.00. The molecule has 31 heavy (non-hydrogen) atoms. The van der Waals surface area contributed by atoms with E-state index in [1.54, 1.807) is 19.1 Å². The van der Waals surface area contributed by atoms with E-state index in [9.17, 15) is 18.8 Å². The lowest BCUT2D eigenvalue weighted by molar-refractivity contribution is -0.0501. The summed E-state index contributed by atoms with van der Waals surface area (Å²) in [6.07, 6.45) is 0. The second-order valence-electron chi connectivity index (χ2n) is 7.00. The molecule has 4 aromatic rings. The maximum Gasteiger partial charge on any atom is 0.387 e. The predicted octanol–water partition coefficient (Wildman–Crippen LogP) is 5.55. The van der Waals surface area contributed by atoms with Gasteiger partial charge in [-0.2, -0.15) is 14.0 Å². The first-order valence-corrected chi connectivity index (χ1v) is 10.4. The molecule has 8 heteroatoms. The number of ether oxygens (including phenoxy) is 1. The van der Waals surface area contributed by atoms with Crippen molar-refractivity contribution in [2.45, 2.75) is 25.5 Å². The number of carbonyl (C=O) groups excluding carboxylic acids is 1. The maximum absolute atomic E-state index is 12.9. The summed E-state index contributed by atoms with van der Waals surface area (Å²) in [5, 5.41) is 10.3. The number of rotatable bonds is 6. The highest BCUT2D eigenvalue weighted by Gasteiger charge is 2.19. The molecule has 0 aliphatic heterocycles. The highest BCUT2D eigenvalue weighted by atomic mass is 32.2. The molecule has 0 unspecified atom stereocenters. The predicted molar refractivity (Wildman–Crippen MR) is 115 cm³/mol. The van der Waals surface area contributed by atoms with E-state index >= 15 is 0 Å². The highest BCUT2D eigenvalue weighted by Crippen LogP contribution is 2.31. The fourth-order valence-electron chi connectivity index (χ4n) is 3.44. The van der Waals surface area contributed by atoms with Crippen molar-refractivity contribution in [2.75, 3.05) is 5.75 Å². The average Bonchev–Trinajstić information content (AvgIpc) is 3.12. The maximum atomic E-state index is 12.9. The Hall–Kier alpha value is -3.44. The van der Waals surface area contributed by atoms with Crippen LogP contribution in [0.5, 0.6) is 5.75 Å².